The summed E-state index contributed by atoms with van der Waals surface area (Å²) < 4.78 is 34.6. The molecule has 0 radical (unpaired) electrons. The maximum atomic E-state index is 12.3. The third-order valence-electron chi connectivity index (χ3n) is 3.72. The standard InChI is InChI=1S/C18H14O6S/c1-11-3-6-13(7-4-11)25(21,22)24-12-5-8-14-15(9-12)16(19)10-17(23-2)18(14)20/h3-10H,1-2H3. The second-order valence-corrected chi connectivity index (χ2v) is 7.01. The molecule has 0 amide bonds. The van der Waals surface area contributed by atoms with Crippen LogP contribution in [0.3, 0.4) is 0 Å². The number of carbonyl (C=O) groups is 2. The second kappa shape index (κ2) is 6.18. The number of hydrogen-bond acceptors (Lipinski definition) is 6. The average Bonchev–Trinajstić information content (AvgIpc) is 2.58. The van der Waals surface area contributed by atoms with E-state index >= 15 is 0 Å². The van der Waals surface area contributed by atoms with Crippen molar-refractivity contribution < 1.29 is 26.9 Å². The smallest absolute Gasteiger partial charge is 0.339 e. The van der Waals surface area contributed by atoms with E-state index < -0.39 is 21.7 Å². The van der Waals surface area contributed by atoms with E-state index in [1.807, 2.05) is 6.92 Å². The number of Topliss-reactive ketones (excluding diaryl/α,β-unsaturated/α-hetero) is 1. The first kappa shape index (κ1) is 16.9. The Balaban J connectivity index is 1.95. The van der Waals surface area contributed by atoms with Gasteiger partial charge in [-0.2, -0.15) is 8.42 Å². The zero-order valence-electron chi connectivity index (χ0n) is 13.5. The van der Waals surface area contributed by atoms with Gasteiger partial charge in [0.2, 0.25) is 5.78 Å². The van der Waals surface area contributed by atoms with Gasteiger partial charge >= 0.3 is 10.1 Å². The van der Waals surface area contributed by atoms with E-state index in [2.05, 4.69) is 0 Å². The lowest BCUT2D eigenvalue weighted by molar-refractivity contribution is 0.0916. The Bertz CT molecular complexity index is 1000. The van der Waals surface area contributed by atoms with Gasteiger partial charge in [-0.25, -0.2) is 0 Å². The van der Waals surface area contributed by atoms with E-state index in [-0.39, 0.29) is 27.5 Å². The predicted octanol–water partition coefficient (Wildman–Crippen LogP) is 2.67. The number of benzene rings is 2. The van der Waals surface area contributed by atoms with Gasteiger partial charge in [0.15, 0.2) is 11.5 Å². The summed E-state index contributed by atoms with van der Waals surface area (Å²) in [5.41, 5.74) is 1.13. The Labute approximate surface area is 144 Å². The van der Waals surface area contributed by atoms with Crippen molar-refractivity contribution in [3.63, 3.8) is 0 Å². The molecule has 0 unspecified atom stereocenters. The van der Waals surface area contributed by atoms with Gasteiger partial charge in [-0.15, -0.1) is 0 Å². The van der Waals surface area contributed by atoms with Crippen LogP contribution in [0.4, 0.5) is 0 Å². The minimum atomic E-state index is -4.04. The number of hydrogen-bond donors (Lipinski definition) is 0. The molecule has 0 heterocycles. The fourth-order valence-corrected chi connectivity index (χ4v) is 3.33. The minimum Gasteiger partial charge on any atom is -0.492 e. The SMILES string of the molecule is COC1=CC(=O)c2cc(OS(=O)(=O)c3ccc(C)cc3)ccc2C1=O. The lowest BCUT2D eigenvalue weighted by atomic mass is 9.93. The van der Waals surface area contributed by atoms with Crippen LogP contribution < -0.4 is 4.18 Å². The first-order valence-corrected chi connectivity index (χ1v) is 8.72. The topological polar surface area (TPSA) is 86.7 Å². The van der Waals surface area contributed by atoms with Crippen molar-refractivity contribution in [1.29, 1.82) is 0 Å². The lowest BCUT2D eigenvalue weighted by Gasteiger charge is -2.15. The van der Waals surface area contributed by atoms with Gasteiger partial charge in [0, 0.05) is 17.2 Å². The monoisotopic (exact) mass is 358 g/mol. The molecule has 25 heavy (non-hydrogen) atoms. The molecule has 0 bridgehead atoms. The van der Waals surface area contributed by atoms with Crippen molar-refractivity contribution in [3.05, 3.63) is 71.0 Å². The Morgan fingerprint density at radius 3 is 2.24 bits per heavy atom. The van der Waals surface area contributed by atoms with Crippen molar-refractivity contribution in [2.75, 3.05) is 7.11 Å². The first-order chi connectivity index (χ1) is 11.8. The Hall–Kier alpha value is -2.93. The molecule has 0 saturated carbocycles. The molecule has 128 valence electrons. The van der Waals surface area contributed by atoms with E-state index in [1.165, 1.54) is 37.4 Å². The van der Waals surface area contributed by atoms with Crippen LogP contribution in [-0.4, -0.2) is 27.1 Å². The van der Waals surface area contributed by atoms with Gasteiger partial charge in [0.1, 0.15) is 10.6 Å². The van der Waals surface area contributed by atoms with Gasteiger partial charge < -0.3 is 8.92 Å². The van der Waals surface area contributed by atoms with Crippen molar-refractivity contribution in [2.45, 2.75) is 11.8 Å². The highest BCUT2D eigenvalue weighted by Gasteiger charge is 2.27. The van der Waals surface area contributed by atoms with Crippen LogP contribution in [0, 0.1) is 6.92 Å². The second-order valence-electron chi connectivity index (χ2n) is 5.46. The van der Waals surface area contributed by atoms with E-state index in [0.717, 1.165) is 11.6 Å². The van der Waals surface area contributed by atoms with Crippen molar-refractivity contribution in [3.8, 4) is 5.75 Å². The Morgan fingerprint density at radius 1 is 0.920 bits per heavy atom. The molecule has 0 saturated heterocycles. The third-order valence-corrected chi connectivity index (χ3v) is 4.98. The third kappa shape index (κ3) is 3.18. The summed E-state index contributed by atoms with van der Waals surface area (Å²) in [7, 11) is -2.74. The zero-order valence-corrected chi connectivity index (χ0v) is 14.3. The highest BCUT2D eigenvalue weighted by atomic mass is 32.2. The van der Waals surface area contributed by atoms with E-state index in [1.54, 1.807) is 12.1 Å². The summed E-state index contributed by atoms with van der Waals surface area (Å²) in [5, 5.41) is 0. The van der Waals surface area contributed by atoms with Crippen molar-refractivity contribution in [2.24, 2.45) is 0 Å². The van der Waals surface area contributed by atoms with Crippen molar-refractivity contribution in [1.82, 2.24) is 0 Å². The summed E-state index contributed by atoms with van der Waals surface area (Å²) >= 11 is 0. The quantitative estimate of drug-likeness (QED) is 0.781. The molecule has 7 heteroatoms. The van der Waals surface area contributed by atoms with Crippen molar-refractivity contribution >= 4 is 21.7 Å². The molecule has 0 N–H and O–H groups in total. The fraction of sp³-hybridized carbons (Fsp3) is 0.111. The predicted molar refractivity (Wildman–Crippen MR) is 89.2 cm³/mol. The average molecular weight is 358 g/mol. The lowest BCUT2D eigenvalue weighted by Crippen LogP contribution is -2.18. The summed E-state index contributed by atoms with van der Waals surface area (Å²) in [5.74, 6) is -0.997. The van der Waals surface area contributed by atoms with Crippen LogP contribution in [0.1, 0.15) is 26.3 Å². The van der Waals surface area contributed by atoms with Gasteiger partial charge in [-0.3, -0.25) is 9.59 Å². The van der Waals surface area contributed by atoms with Crippen LogP contribution in [0.25, 0.3) is 0 Å². The summed E-state index contributed by atoms with van der Waals surface area (Å²) in [4.78, 5) is 24.3. The molecule has 1 aliphatic carbocycles. The fourth-order valence-electron chi connectivity index (χ4n) is 2.40. The number of allylic oxidation sites excluding steroid dienone is 2. The van der Waals surface area contributed by atoms with Crippen LogP contribution in [0.15, 0.2) is 59.2 Å². The Morgan fingerprint density at radius 2 is 1.60 bits per heavy atom. The molecular formula is C18H14O6S. The highest BCUT2D eigenvalue weighted by Crippen LogP contribution is 2.27. The molecule has 0 spiro atoms. The molecule has 0 atom stereocenters. The molecule has 0 aromatic heterocycles. The van der Waals surface area contributed by atoms with E-state index in [0.29, 0.717) is 0 Å². The molecule has 0 aliphatic heterocycles. The van der Waals surface area contributed by atoms with E-state index in [4.69, 9.17) is 8.92 Å². The summed E-state index contributed by atoms with van der Waals surface area (Å²) in [6, 6.07) is 10.1. The number of carbonyl (C=O) groups excluding carboxylic acids is 2. The summed E-state index contributed by atoms with van der Waals surface area (Å²) in [6.45, 7) is 1.84. The van der Waals surface area contributed by atoms with Crippen LogP contribution >= 0.6 is 0 Å². The maximum absolute atomic E-state index is 12.3. The zero-order chi connectivity index (χ0) is 18.2. The number of ketones is 2. The van der Waals surface area contributed by atoms with Crippen LogP contribution in [0.2, 0.25) is 0 Å². The maximum Gasteiger partial charge on any atom is 0.339 e. The Kier molecular flexibility index (Phi) is 4.18. The highest BCUT2D eigenvalue weighted by molar-refractivity contribution is 7.87. The van der Waals surface area contributed by atoms with Crippen LogP contribution in [-0.2, 0) is 14.9 Å². The number of methoxy groups -OCH3 is 1. The number of rotatable bonds is 4. The summed E-state index contributed by atoms with van der Waals surface area (Å²) in [6.07, 6.45) is 1.07. The molecular weight excluding hydrogens is 344 g/mol. The molecule has 2 aromatic rings. The van der Waals surface area contributed by atoms with Gasteiger partial charge in [0.25, 0.3) is 0 Å². The van der Waals surface area contributed by atoms with Gasteiger partial charge in [-0.1, -0.05) is 17.7 Å². The minimum absolute atomic E-state index is 0.000196. The molecule has 6 nitrogen and oxygen atoms in total. The van der Waals surface area contributed by atoms with E-state index in [9.17, 15) is 18.0 Å². The molecule has 0 fully saturated rings. The molecule has 2 aromatic carbocycles. The number of ether oxygens (including phenoxy) is 1. The molecule has 3 rings (SSSR count). The molecule has 1 aliphatic rings. The van der Waals surface area contributed by atoms with Crippen LogP contribution in [0.5, 0.6) is 5.75 Å². The first-order valence-electron chi connectivity index (χ1n) is 7.32. The van der Waals surface area contributed by atoms with Gasteiger partial charge in [-0.05, 0) is 37.3 Å². The van der Waals surface area contributed by atoms with Gasteiger partial charge in [0.05, 0.1) is 7.11 Å². The number of fused-ring (bicyclic) bond motifs is 1. The normalized spacial score (nSPS) is 13.9. The number of aryl methyl sites for hydroxylation is 1. The largest absolute Gasteiger partial charge is 0.492 e.